The summed E-state index contributed by atoms with van der Waals surface area (Å²) in [6, 6.07) is 1.43. The quantitative estimate of drug-likeness (QED) is 0.906. The Bertz CT molecular complexity index is 452. The lowest BCUT2D eigenvalue weighted by Crippen LogP contribution is -2.22. The normalized spacial score (nSPS) is 17.2. The fourth-order valence-corrected chi connectivity index (χ4v) is 2.90. The van der Waals surface area contributed by atoms with E-state index in [0.29, 0.717) is 22.9 Å². The van der Waals surface area contributed by atoms with Gasteiger partial charge in [-0.25, -0.2) is 4.39 Å². The number of carboxylic acids is 1. The first kappa shape index (κ1) is 11.6. The van der Waals surface area contributed by atoms with Crippen LogP contribution in [0.1, 0.15) is 29.5 Å². The second kappa shape index (κ2) is 3.55. The molecule has 2 nitrogen and oxygen atoms in total. The molecule has 1 aromatic rings. The molecule has 0 atom stereocenters. The molecule has 0 aromatic heterocycles. The van der Waals surface area contributed by atoms with Crippen molar-refractivity contribution in [2.75, 3.05) is 0 Å². The van der Waals surface area contributed by atoms with Gasteiger partial charge < -0.3 is 5.11 Å². The number of benzene rings is 1. The van der Waals surface area contributed by atoms with Gasteiger partial charge in [0.1, 0.15) is 5.82 Å². The Morgan fingerprint density at radius 2 is 2.06 bits per heavy atom. The Labute approximate surface area is 102 Å². The minimum Gasteiger partial charge on any atom is -0.481 e. The first-order chi connectivity index (χ1) is 7.40. The number of carboxylic acid groups (broad SMARTS) is 1. The fraction of sp³-hybridized carbons (Fsp3) is 0.417. The molecule has 4 heteroatoms. The number of carbonyl (C=O) groups is 1. The van der Waals surface area contributed by atoms with E-state index in [1.54, 1.807) is 6.92 Å². The smallest absolute Gasteiger partial charge is 0.314 e. The second-order valence-corrected chi connectivity index (χ2v) is 5.17. The summed E-state index contributed by atoms with van der Waals surface area (Å²) in [5.41, 5.74) is 1.41. The molecule has 1 aliphatic rings. The highest BCUT2D eigenvalue weighted by Crippen LogP contribution is 2.52. The van der Waals surface area contributed by atoms with E-state index < -0.39 is 11.4 Å². The Morgan fingerprint density at radius 1 is 1.50 bits per heavy atom. The lowest BCUT2D eigenvalue weighted by molar-refractivity contribution is -0.140. The van der Waals surface area contributed by atoms with Gasteiger partial charge in [-0.05, 0) is 65.4 Å². The van der Waals surface area contributed by atoms with Crippen LogP contribution in [0.4, 0.5) is 4.39 Å². The molecule has 0 saturated heterocycles. The van der Waals surface area contributed by atoms with Gasteiger partial charge in [0.2, 0.25) is 0 Å². The molecule has 1 saturated carbocycles. The van der Waals surface area contributed by atoms with Crippen LogP contribution in [0.2, 0.25) is 0 Å². The van der Waals surface area contributed by atoms with Crippen molar-refractivity contribution in [1.29, 1.82) is 0 Å². The van der Waals surface area contributed by atoms with Crippen LogP contribution in [0.25, 0.3) is 0 Å². The third kappa shape index (κ3) is 1.47. The van der Waals surface area contributed by atoms with Crippen molar-refractivity contribution >= 4 is 21.9 Å². The first-order valence-corrected chi connectivity index (χ1v) is 5.88. The zero-order chi connectivity index (χ0) is 12.1. The van der Waals surface area contributed by atoms with Gasteiger partial charge in [0, 0.05) is 0 Å². The van der Waals surface area contributed by atoms with Crippen LogP contribution in [-0.2, 0) is 10.2 Å². The van der Waals surface area contributed by atoms with Crippen molar-refractivity contribution in [3.63, 3.8) is 0 Å². The average Bonchev–Trinajstić information content (AvgIpc) is 2.97. The monoisotopic (exact) mass is 286 g/mol. The van der Waals surface area contributed by atoms with Crippen LogP contribution in [0.5, 0.6) is 0 Å². The van der Waals surface area contributed by atoms with E-state index in [9.17, 15) is 14.3 Å². The molecule has 1 N–H and O–H groups in total. The molecule has 0 bridgehead atoms. The van der Waals surface area contributed by atoms with Gasteiger partial charge in [0.05, 0.1) is 9.89 Å². The van der Waals surface area contributed by atoms with Gasteiger partial charge in [-0.3, -0.25) is 4.79 Å². The maximum absolute atomic E-state index is 13.6. The summed E-state index contributed by atoms with van der Waals surface area (Å²) in [5.74, 6) is -1.24. The van der Waals surface area contributed by atoms with E-state index in [4.69, 9.17) is 0 Å². The van der Waals surface area contributed by atoms with Crippen LogP contribution in [0.3, 0.4) is 0 Å². The van der Waals surface area contributed by atoms with E-state index in [1.165, 1.54) is 6.07 Å². The van der Waals surface area contributed by atoms with Crippen LogP contribution in [0, 0.1) is 19.7 Å². The van der Waals surface area contributed by atoms with Gasteiger partial charge >= 0.3 is 5.97 Å². The minimum atomic E-state index is -0.865. The van der Waals surface area contributed by atoms with Crippen molar-refractivity contribution < 1.29 is 14.3 Å². The highest BCUT2D eigenvalue weighted by molar-refractivity contribution is 9.10. The van der Waals surface area contributed by atoms with E-state index in [1.807, 2.05) is 6.92 Å². The molecule has 1 aliphatic carbocycles. The summed E-state index contributed by atoms with van der Waals surface area (Å²) < 4.78 is 13.9. The molecular weight excluding hydrogens is 275 g/mol. The molecule has 0 amide bonds. The van der Waals surface area contributed by atoms with Crippen LogP contribution < -0.4 is 0 Å². The number of hydrogen-bond acceptors (Lipinski definition) is 1. The molecule has 0 radical (unpaired) electrons. The summed E-state index contributed by atoms with van der Waals surface area (Å²) in [4.78, 5) is 11.3. The molecule has 2 rings (SSSR count). The molecule has 0 aliphatic heterocycles. The molecule has 0 spiro atoms. The fourth-order valence-electron chi connectivity index (χ4n) is 2.11. The van der Waals surface area contributed by atoms with Gasteiger partial charge in [-0.2, -0.15) is 0 Å². The van der Waals surface area contributed by atoms with Crippen LogP contribution in [0.15, 0.2) is 10.5 Å². The lowest BCUT2D eigenvalue weighted by Gasteiger charge is -2.18. The zero-order valence-corrected chi connectivity index (χ0v) is 10.7. The number of rotatable bonds is 2. The van der Waals surface area contributed by atoms with E-state index >= 15 is 0 Å². The van der Waals surface area contributed by atoms with Gasteiger partial charge in [0.15, 0.2) is 0 Å². The summed E-state index contributed by atoms with van der Waals surface area (Å²) in [5, 5.41) is 9.24. The van der Waals surface area contributed by atoms with Crippen LogP contribution >= 0.6 is 15.9 Å². The second-order valence-electron chi connectivity index (χ2n) is 4.38. The molecule has 0 unspecified atom stereocenters. The third-order valence-corrected chi connectivity index (χ3v) is 4.15. The largest absolute Gasteiger partial charge is 0.481 e. The maximum atomic E-state index is 13.6. The van der Waals surface area contributed by atoms with E-state index in [0.717, 1.165) is 11.1 Å². The van der Waals surface area contributed by atoms with Crippen LogP contribution in [-0.4, -0.2) is 11.1 Å². The predicted molar refractivity (Wildman–Crippen MR) is 62.1 cm³/mol. The Balaban J connectivity index is 2.70. The highest BCUT2D eigenvalue weighted by atomic mass is 79.9. The van der Waals surface area contributed by atoms with Crippen molar-refractivity contribution in [2.24, 2.45) is 0 Å². The SMILES string of the molecule is Cc1cc(F)c(Br)c(C2(C(=O)O)CC2)c1C. The highest BCUT2D eigenvalue weighted by Gasteiger charge is 2.54. The average molecular weight is 287 g/mol. The van der Waals surface area contributed by atoms with E-state index in [-0.39, 0.29) is 5.82 Å². The number of hydrogen-bond donors (Lipinski definition) is 1. The predicted octanol–water partition coefficient (Wildman–Crippen LogP) is 3.32. The lowest BCUT2D eigenvalue weighted by atomic mass is 9.89. The summed E-state index contributed by atoms with van der Waals surface area (Å²) in [7, 11) is 0. The van der Waals surface area contributed by atoms with E-state index in [2.05, 4.69) is 15.9 Å². The molecule has 86 valence electrons. The third-order valence-electron chi connectivity index (χ3n) is 3.38. The van der Waals surface area contributed by atoms with Gasteiger partial charge in [-0.1, -0.05) is 0 Å². The number of aliphatic carboxylic acids is 1. The first-order valence-electron chi connectivity index (χ1n) is 5.09. The Hall–Kier alpha value is -0.900. The zero-order valence-electron chi connectivity index (χ0n) is 9.10. The Morgan fingerprint density at radius 3 is 2.50 bits per heavy atom. The Kier molecular flexibility index (Phi) is 2.57. The molecular formula is C12H12BrFO2. The molecule has 0 heterocycles. The molecule has 16 heavy (non-hydrogen) atoms. The maximum Gasteiger partial charge on any atom is 0.314 e. The summed E-state index contributed by atoms with van der Waals surface area (Å²) in [6.07, 6.45) is 1.18. The van der Waals surface area contributed by atoms with Crippen molar-refractivity contribution in [2.45, 2.75) is 32.1 Å². The topological polar surface area (TPSA) is 37.3 Å². The minimum absolute atomic E-state index is 0.301. The van der Waals surface area contributed by atoms with Crippen molar-refractivity contribution in [3.8, 4) is 0 Å². The van der Waals surface area contributed by atoms with Crippen molar-refractivity contribution in [1.82, 2.24) is 0 Å². The number of halogens is 2. The molecule has 1 aromatic carbocycles. The standard InChI is InChI=1S/C12H12BrFO2/c1-6-5-8(14)10(13)9(7(6)2)12(3-4-12)11(15)16/h5H,3-4H2,1-2H3,(H,15,16). The molecule has 1 fully saturated rings. The summed E-state index contributed by atoms with van der Waals surface area (Å²) in [6.45, 7) is 3.64. The summed E-state index contributed by atoms with van der Waals surface area (Å²) >= 11 is 3.17. The van der Waals surface area contributed by atoms with Gasteiger partial charge in [-0.15, -0.1) is 0 Å². The van der Waals surface area contributed by atoms with Crippen molar-refractivity contribution in [3.05, 3.63) is 33.0 Å². The number of aryl methyl sites for hydroxylation is 1. The van der Waals surface area contributed by atoms with Gasteiger partial charge in [0.25, 0.3) is 0 Å².